The molecule has 0 radical (unpaired) electrons. The summed E-state index contributed by atoms with van der Waals surface area (Å²) in [5.74, 6) is 0.427. The van der Waals surface area contributed by atoms with Crippen molar-refractivity contribution in [1.82, 2.24) is 0 Å². The van der Waals surface area contributed by atoms with Crippen LogP contribution in [0.15, 0.2) is 51.1 Å². The zero-order chi connectivity index (χ0) is 29.0. The smallest absolute Gasteiger partial charge is 0.315 e. The number of benzene rings is 2. The van der Waals surface area contributed by atoms with Crippen molar-refractivity contribution in [3.63, 3.8) is 0 Å². The molecule has 0 saturated carbocycles. The van der Waals surface area contributed by atoms with Crippen LogP contribution >= 0.6 is 15.9 Å². The molecule has 1 aliphatic heterocycles. The highest BCUT2D eigenvalue weighted by Gasteiger charge is 2.45. The number of methoxy groups -OCH3 is 4. The molecule has 0 spiro atoms. The lowest BCUT2D eigenvalue weighted by Crippen LogP contribution is -2.38. The zero-order valence-electron chi connectivity index (χ0n) is 23.8. The summed E-state index contributed by atoms with van der Waals surface area (Å²) in [5.41, 5.74) is 3.57. The Morgan fingerprint density at radius 3 is 2.25 bits per heavy atom. The lowest BCUT2D eigenvalue weighted by molar-refractivity contribution is -0.146. The van der Waals surface area contributed by atoms with E-state index in [1.807, 2.05) is 38.1 Å². The predicted molar refractivity (Wildman–Crippen MR) is 156 cm³/mol. The first-order valence-corrected chi connectivity index (χ1v) is 14.2. The van der Waals surface area contributed by atoms with Crippen molar-refractivity contribution in [3.05, 3.63) is 57.2 Å². The van der Waals surface area contributed by atoms with Crippen LogP contribution in [0.1, 0.15) is 62.5 Å². The number of ketones is 1. The monoisotopic (exact) mass is 613 g/mol. The summed E-state index contributed by atoms with van der Waals surface area (Å²) in [7, 11) is 6.31. The first-order chi connectivity index (χ1) is 19.3. The van der Waals surface area contributed by atoms with E-state index in [9.17, 15) is 9.59 Å². The Hall–Kier alpha value is -3.33. The molecule has 2 aromatic rings. The first kappa shape index (κ1) is 29.6. The number of ether oxygens (including phenoxy) is 5. The third-order valence-electron chi connectivity index (χ3n) is 7.60. The summed E-state index contributed by atoms with van der Waals surface area (Å²) in [6, 6.07) is 9.36. The number of allylic oxidation sites excluding steroid dienone is 2. The molecule has 0 fully saturated rings. The van der Waals surface area contributed by atoms with Crippen LogP contribution in [0.5, 0.6) is 23.0 Å². The molecular weight excluding hydrogens is 578 g/mol. The van der Waals surface area contributed by atoms with Gasteiger partial charge in [-0.1, -0.05) is 35.3 Å². The van der Waals surface area contributed by atoms with E-state index in [-0.39, 0.29) is 24.1 Å². The molecule has 1 heterocycles. The van der Waals surface area contributed by atoms with Crippen LogP contribution in [0.2, 0.25) is 0 Å². The molecule has 40 heavy (non-hydrogen) atoms. The molecule has 214 valence electrons. The number of Topliss-reactive ketones (excluding diaryl/α,β-unsaturated/α-hetero) is 1. The van der Waals surface area contributed by atoms with Crippen LogP contribution in [0.3, 0.4) is 0 Å². The van der Waals surface area contributed by atoms with Crippen molar-refractivity contribution in [2.45, 2.75) is 51.4 Å². The predicted octanol–water partition coefficient (Wildman–Crippen LogP) is 6.40. The fourth-order valence-corrected chi connectivity index (χ4v) is 6.13. The Morgan fingerprint density at radius 1 is 0.950 bits per heavy atom. The Kier molecular flexibility index (Phi) is 9.56. The molecule has 0 bridgehead atoms. The van der Waals surface area contributed by atoms with Crippen molar-refractivity contribution in [1.29, 1.82) is 0 Å². The molecule has 2 aromatic carbocycles. The van der Waals surface area contributed by atoms with E-state index in [1.165, 1.54) is 0 Å². The van der Waals surface area contributed by atoms with Crippen LogP contribution in [0.25, 0.3) is 0 Å². The normalized spacial score (nSPS) is 20.4. The molecule has 1 unspecified atom stereocenters. The van der Waals surface area contributed by atoms with Gasteiger partial charge in [0.25, 0.3) is 0 Å². The highest BCUT2D eigenvalue weighted by molar-refractivity contribution is 9.10. The SMILES string of the molecule is CCCCOC(=O)C1C(C)=NC2=C(C(=O)C[C@@H](c3ccc(OC)c(OC)c3)C2)[C@H]1c1cc(OC)c(OC)cc1Br. The van der Waals surface area contributed by atoms with Gasteiger partial charge in [0.1, 0.15) is 5.92 Å². The van der Waals surface area contributed by atoms with Gasteiger partial charge in [-0.3, -0.25) is 14.6 Å². The average Bonchev–Trinajstić information content (AvgIpc) is 2.95. The number of aliphatic imine (C=N–C) groups is 1. The van der Waals surface area contributed by atoms with E-state index in [0.717, 1.165) is 24.0 Å². The Balaban J connectivity index is 1.82. The molecule has 0 amide bonds. The van der Waals surface area contributed by atoms with Gasteiger partial charge in [0.15, 0.2) is 28.8 Å². The first-order valence-electron chi connectivity index (χ1n) is 13.4. The van der Waals surface area contributed by atoms with Gasteiger partial charge in [-0.05, 0) is 61.1 Å². The van der Waals surface area contributed by atoms with E-state index in [4.69, 9.17) is 28.7 Å². The zero-order valence-corrected chi connectivity index (χ0v) is 25.4. The van der Waals surface area contributed by atoms with Crippen molar-refractivity contribution in [2.24, 2.45) is 10.9 Å². The lowest BCUT2D eigenvalue weighted by atomic mass is 9.69. The summed E-state index contributed by atoms with van der Waals surface area (Å²) in [5, 5.41) is 0. The minimum absolute atomic E-state index is 0.0460. The highest BCUT2D eigenvalue weighted by atomic mass is 79.9. The minimum Gasteiger partial charge on any atom is -0.493 e. The number of hydrogen-bond donors (Lipinski definition) is 0. The Labute approximate surface area is 243 Å². The topological polar surface area (TPSA) is 92.7 Å². The maximum Gasteiger partial charge on any atom is 0.315 e. The van der Waals surface area contributed by atoms with Gasteiger partial charge >= 0.3 is 5.97 Å². The molecule has 0 saturated heterocycles. The van der Waals surface area contributed by atoms with E-state index >= 15 is 0 Å². The average molecular weight is 615 g/mol. The molecule has 8 nitrogen and oxygen atoms in total. The standard InChI is InChI=1S/C31H36BrNO7/c1-7-8-11-40-31(35)28-17(2)33-22-12-19(18-9-10-24(36-3)25(14-18)37-4)13-23(34)30(22)29(28)20-15-26(38-5)27(39-6)16-21(20)32/h9-10,14-16,19,28-29H,7-8,11-13H2,1-6H3/t19-,28?,29-/m0/s1. The van der Waals surface area contributed by atoms with Crippen LogP contribution < -0.4 is 18.9 Å². The lowest BCUT2D eigenvalue weighted by Gasteiger charge is -2.37. The maximum absolute atomic E-state index is 14.0. The second-order valence-corrected chi connectivity index (χ2v) is 10.8. The van der Waals surface area contributed by atoms with Crippen LogP contribution in [0, 0.1) is 5.92 Å². The van der Waals surface area contributed by atoms with Crippen molar-refractivity contribution >= 4 is 33.4 Å². The summed E-state index contributed by atoms with van der Waals surface area (Å²) in [4.78, 5) is 32.4. The Morgan fingerprint density at radius 2 is 1.60 bits per heavy atom. The number of halogens is 1. The second kappa shape index (κ2) is 12.9. The molecule has 4 rings (SSSR count). The fraction of sp³-hybridized carbons (Fsp3) is 0.452. The highest BCUT2D eigenvalue weighted by Crippen LogP contribution is 2.50. The third kappa shape index (κ3) is 5.75. The van der Waals surface area contributed by atoms with E-state index < -0.39 is 11.8 Å². The number of esters is 1. The third-order valence-corrected chi connectivity index (χ3v) is 8.29. The summed E-state index contributed by atoms with van der Waals surface area (Å²) >= 11 is 3.67. The van der Waals surface area contributed by atoms with Gasteiger partial charge in [-0.25, -0.2) is 0 Å². The quantitative estimate of drug-likeness (QED) is 0.226. The van der Waals surface area contributed by atoms with Gasteiger partial charge in [0, 0.05) is 33.8 Å². The van der Waals surface area contributed by atoms with E-state index in [0.29, 0.717) is 57.5 Å². The van der Waals surface area contributed by atoms with Crippen molar-refractivity contribution in [3.8, 4) is 23.0 Å². The number of rotatable bonds is 10. The number of carbonyl (C=O) groups excluding carboxylic acids is 2. The summed E-state index contributed by atoms with van der Waals surface area (Å²) in [6.07, 6.45) is 2.50. The van der Waals surface area contributed by atoms with Gasteiger partial charge in [-0.2, -0.15) is 0 Å². The van der Waals surface area contributed by atoms with E-state index in [2.05, 4.69) is 15.9 Å². The maximum atomic E-state index is 14.0. The number of hydrogen-bond acceptors (Lipinski definition) is 8. The van der Waals surface area contributed by atoms with E-state index in [1.54, 1.807) is 34.5 Å². The van der Waals surface area contributed by atoms with Crippen LogP contribution in [0.4, 0.5) is 0 Å². The molecule has 2 aliphatic rings. The minimum atomic E-state index is -0.744. The van der Waals surface area contributed by atoms with Crippen molar-refractivity contribution < 1.29 is 33.3 Å². The fourth-order valence-electron chi connectivity index (χ4n) is 5.56. The largest absolute Gasteiger partial charge is 0.493 e. The van der Waals surface area contributed by atoms with Crippen LogP contribution in [-0.4, -0.2) is 52.5 Å². The number of unbranched alkanes of at least 4 members (excludes halogenated alkanes) is 1. The number of nitrogens with zero attached hydrogens (tertiary/aromatic N) is 1. The molecule has 0 N–H and O–H groups in total. The molecular formula is C31H36BrNO7. The van der Waals surface area contributed by atoms with Gasteiger partial charge in [0.2, 0.25) is 0 Å². The Bertz CT molecular complexity index is 1350. The molecule has 9 heteroatoms. The van der Waals surface area contributed by atoms with Gasteiger partial charge < -0.3 is 23.7 Å². The molecule has 0 aromatic heterocycles. The van der Waals surface area contributed by atoms with Gasteiger partial charge in [0.05, 0.1) is 35.0 Å². The number of carbonyl (C=O) groups is 2. The summed E-state index contributed by atoms with van der Waals surface area (Å²) in [6.45, 7) is 4.19. The van der Waals surface area contributed by atoms with Crippen LogP contribution in [-0.2, 0) is 14.3 Å². The van der Waals surface area contributed by atoms with Crippen molar-refractivity contribution in [2.75, 3.05) is 35.0 Å². The second-order valence-electron chi connectivity index (χ2n) is 9.96. The molecule has 1 aliphatic carbocycles. The van der Waals surface area contributed by atoms with Gasteiger partial charge in [-0.15, -0.1) is 0 Å². The molecule has 3 atom stereocenters. The summed E-state index contributed by atoms with van der Waals surface area (Å²) < 4.78 is 28.3.